The molecule has 12 atom stereocenters. The van der Waals surface area contributed by atoms with E-state index in [1.165, 1.54) is 148 Å². The van der Waals surface area contributed by atoms with E-state index in [4.69, 9.17) is 23.7 Å². The van der Waals surface area contributed by atoms with Crippen molar-refractivity contribution in [3.8, 4) is 0 Å². The lowest BCUT2D eigenvalue weighted by atomic mass is 9.91. The number of carbonyl (C=O) groups excluding carboxylic acids is 2. The highest BCUT2D eigenvalue weighted by atomic mass is 32.3. The van der Waals surface area contributed by atoms with Gasteiger partial charge >= 0.3 is 22.3 Å². The fourth-order valence-corrected chi connectivity index (χ4v) is 10.5. The minimum absolute atomic E-state index is 0.00660. The molecule has 16 nitrogen and oxygen atoms in total. The molecule has 0 spiro atoms. The van der Waals surface area contributed by atoms with Crippen molar-refractivity contribution in [1.82, 2.24) is 0 Å². The second kappa shape index (κ2) is 39.6. The number of esters is 2. The van der Waals surface area contributed by atoms with E-state index < -0.39 is 97.0 Å². The smallest absolute Gasteiger partial charge is 0.397 e. The summed E-state index contributed by atoms with van der Waals surface area (Å²) in [7, 11) is -5.31. The number of hydrogen-bond acceptors (Lipinski definition) is 15. The molecule has 2 fully saturated rings. The highest BCUT2D eigenvalue weighted by molar-refractivity contribution is 7.80. The third kappa shape index (κ3) is 28.4. The topological polar surface area (TPSA) is 245 Å². The van der Waals surface area contributed by atoms with E-state index in [1.807, 2.05) is 6.92 Å². The fourth-order valence-electron chi connectivity index (χ4n) is 10.0. The van der Waals surface area contributed by atoms with E-state index in [0.717, 1.165) is 44.9 Å². The van der Waals surface area contributed by atoms with Crippen molar-refractivity contribution in [2.24, 2.45) is 11.8 Å². The zero-order chi connectivity index (χ0) is 53.2. The molecule has 424 valence electrons. The van der Waals surface area contributed by atoms with Gasteiger partial charge in [-0.15, -0.1) is 0 Å². The van der Waals surface area contributed by atoms with Crippen molar-refractivity contribution in [2.75, 3.05) is 13.2 Å². The lowest BCUT2D eigenvalue weighted by Crippen LogP contribution is -2.65. The van der Waals surface area contributed by atoms with Crippen LogP contribution in [-0.4, -0.2) is 125 Å². The quantitative estimate of drug-likeness (QED) is 0.0144. The third-order valence-corrected chi connectivity index (χ3v) is 14.8. The molecule has 0 aliphatic carbocycles. The Kier molecular flexibility index (Phi) is 36.5. The summed E-state index contributed by atoms with van der Waals surface area (Å²) in [5.41, 5.74) is 0.228. The van der Waals surface area contributed by atoms with Gasteiger partial charge in [0.1, 0.15) is 30.5 Å². The largest absolute Gasteiger partial charge is 0.453 e. The molecule has 0 saturated carbocycles. The summed E-state index contributed by atoms with van der Waals surface area (Å²) in [6.45, 7) is 8.55. The Hall–Kier alpha value is -1.77. The van der Waals surface area contributed by atoms with E-state index in [1.54, 1.807) is 13.0 Å². The van der Waals surface area contributed by atoms with Crippen LogP contribution in [-0.2, 0) is 47.9 Å². The Bertz CT molecular complexity index is 1530. The molecule has 2 aliphatic rings. The van der Waals surface area contributed by atoms with E-state index in [0.29, 0.717) is 12.3 Å². The van der Waals surface area contributed by atoms with Gasteiger partial charge in [-0.3, -0.25) is 9.35 Å². The van der Waals surface area contributed by atoms with Gasteiger partial charge in [0.25, 0.3) is 0 Å². The standard InChI is InChI=1S/C55H102O16S/c1-6-8-10-12-14-16-18-20-21-22-24-25-27-29-31-33-35-41(3)37-42(4)38-43(5)53(62)69-50-48(60)45(40-57)67-55(70-54-51(71-72(63,64)65)49(61)47(59)44(39-56)66-54)52(50)68-46(58)36-34-32-30-28-26-23-19-17-15-13-11-9-7-2/h38,41-42,44-45,47-52,54-57,59-61H,6-37,39-40H2,1-5H3,(H,63,64,65)/b43-38+/t41-,42-,44+,45+,47+,48+,49-,50-,51+,52+,54+,55+/m0/s1. The van der Waals surface area contributed by atoms with E-state index in [2.05, 4.69) is 25.0 Å². The summed E-state index contributed by atoms with van der Waals surface area (Å²) in [5.74, 6) is -1.19. The van der Waals surface area contributed by atoms with Gasteiger partial charge < -0.3 is 49.2 Å². The van der Waals surface area contributed by atoms with Crippen LogP contribution >= 0.6 is 0 Å². The summed E-state index contributed by atoms with van der Waals surface area (Å²) in [6, 6.07) is 0. The highest BCUT2D eigenvalue weighted by Gasteiger charge is 2.54. The third-order valence-electron chi connectivity index (χ3n) is 14.3. The molecule has 0 amide bonds. The average molecular weight is 1050 g/mol. The van der Waals surface area contributed by atoms with Gasteiger partial charge in [0.15, 0.2) is 24.6 Å². The average Bonchev–Trinajstić information content (AvgIpc) is 3.33. The lowest BCUT2D eigenvalue weighted by molar-refractivity contribution is -0.374. The molecular formula is C55H102O16S. The molecule has 0 aromatic heterocycles. The number of hydrogen-bond donors (Lipinski definition) is 6. The lowest BCUT2D eigenvalue weighted by Gasteiger charge is -2.46. The van der Waals surface area contributed by atoms with Crippen molar-refractivity contribution >= 4 is 22.3 Å². The number of allylic oxidation sites excluding steroid dienone is 1. The first-order valence-corrected chi connectivity index (χ1v) is 29.9. The van der Waals surface area contributed by atoms with Crippen molar-refractivity contribution in [3.63, 3.8) is 0 Å². The zero-order valence-corrected chi connectivity index (χ0v) is 46.0. The molecule has 0 unspecified atom stereocenters. The number of aliphatic hydroxyl groups is 5. The predicted octanol–water partition coefficient (Wildman–Crippen LogP) is 10.3. The first-order chi connectivity index (χ1) is 34.6. The summed E-state index contributed by atoms with van der Waals surface area (Å²) in [5, 5.41) is 52.9. The van der Waals surface area contributed by atoms with Crippen LogP contribution in [0.1, 0.15) is 240 Å². The summed E-state index contributed by atoms with van der Waals surface area (Å²) in [6.07, 6.45) is 20.7. The van der Waals surface area contributed by atoms with E-state index in [9.17, 15) is 48.1 Å². The predicted molar refractivity (Wildman–Crippen MR) is 278 cm³/mol. The molecule has 17 heteroatoms. The number of aliphatic hydroxyl groups excluding tert-OH is 5. The molecule has 0 aromatic rings. The van der Waals surface area contributed by atoms with Gasteiger partial charge in [-0.2, -0.15) is 8.42 Å². The van der Waals surface area contributed by atoms with Crippen molar-refractivity contribution < 1.29 is 76.0 Å². The van der Waals surface area contributed by atoms with E-state index >= 15 is 0 Å². The fraction of sp³-hybridized carbons (Fsp3) is 0.927. The molecule has 2 aliphatic heterocycles. The Morgan fingerprint density at radius 1 is 0.556 bits per heavy atom. The maximum absolute atomic E-state index is 13.8. The van der Waals surface area contributed by atoms with Crippen LogP contribution in [0.25, 0.3) is 0 Å². The number of ether oxygens (including phenoxy) is 5. The van der Waals surface area contributed by atoms with Crippen LogP contribution in [0.4, 0.5) is 0 Å². The van der Waals surface area contributed by atoms with Gasteiger partial charge in [0.05, 0.1) is 13.2 Å². The second-order valence-corrected chi connectivity index (χ2v) is 22.2. The van der Waals surface area contributed by atoms with Gasteiger partial charge in [-0.1, -0.05) is 220 Å². The Balaban J connectivity index is 2.03. The molecule has 2 rings (SSSR count). The Labute approximate surface area is 435 Å². The molecule has 0 aromatic carbocycles. The van der Waals surface area contributed by atoms with Crippen molar-refractivity contribution in [3.05, 3.63) is 11.6 Å². The van der Waals surface area contributed by atoms with E-state index in [-0.39, 0.29) is 17.9 Å². The van der Waals surface area contributed by atoms with Crippen LogP contribution < -0.4 is 0 Å². The van der Waals surface area contributed by atoms with Gasteiger partial charge in [-0.05, 0) is 31.6 Å². The maximum atomic E-state index is 13.8. The first-order valence-electron chi connectivity index (χ1n) is 28.5. The summed E-state index contributed by atoms with van der Waals surface area (Å²) >= 11 is 0. The summed E-state index contributed by atoms with van der Waals surface area (Å²) in [4.78, 5) is 27.3. The van der Waals surface area contributed by atoms with Crippen LogP contribution in [0.2, 0.25) is 0 Å². The minimum atomic E-state index is -5.31. The van der Waals surface area contributed by atoms with Crippen LogP contribution in [0.5, 0.6) is 0 Å². The second-order valence-electron chi connectivity index (χ2n) is 21.1. The van der Waals surface area contributed by atoms with Crippen LogP contribution in [0, 0.1) is 11.8 Å². The van der Waals surface area contributed by atoms with Crippen LogP contribution in [0.3, 0.4) is 0 Å². The monoisotopic (exact) mass is 1050 g/mol. The Morgan fingerprint density at radius 2 is 0.958 bits per heavy atom. The Morgan fingerprint density at radius 3 is 1.39 bits per heavy atom. The van der Waals surface area contributed by atoms with Crippen LogP contribution in [0.15, 0.2) is 11.6 Å². The maximum Gasteiger partial charge on any atom is 0.397 e. The molecule has 6 N–H and O–H groups in total. The highest BCUT2D eigenvalue weighted by Crippen LogP contribution is 2.33. The first kappa shape index (κ1) is 66.3. The van der Waals surface area contributed by atoms with Crippen molar-refractivity contribution in [1.29, 1.82) is 0 Å². The molecule has 0 radical (unpaired) electrons. The van der Waals surface area contributed by atoms with Gasteiger partial charge in [0.2, 0.25) is 6.29 Å². The number of carbonyl (C=O) groups is 2. The molecule has 2 saturated heterocycles. The molecule has 0 bridgehead atoms. The summed E-state index contributed by atoms with van der Waals surface area (Å²) < 4.78 is 66.8. The zero-order valence-electron chi connectivity index (χ0n) is 45.2. The van der Waals surface area contributed by atoms with Crippen molar-refractivity contribution in [2.45, 2.75) is 301 Å². The molecular weight excluding hydrogens is 949 g/mol. The normalized spacial score (nSPS) is 25.8. The minimum Gasteiger partial charge on any atom is -0.453 e. The molecule has 2 heterocycles. The number of rotatable bonds is 43. The number of unbranched alkanes of at least 4 members (excludes halogenated alkanes) is 27. The van der Waals surface area contributed by atoms with Gasteiger partial charge in [-0.25, -0.2) is 8.98 Å². The molecule has 72 heavy (non-hydrogen) atoms. The van der Waals surface area contributed by atoms with Gasteiger partial charge in [0, 0.05) is 12.0 Å². The SMILES string of the molecule is CCCCCCCCCCCCCCCCCC[C@H](C)C[C@H](C)/C=C(\C)C(=O)O[C@H]1[C@H](O)[C@@H](CO)O[C@H](O[C@H]2O[C@H](CO)[C@@H](O)[C@H](O)[C@H]2OS(=O)(=O)O)[C@@H]1OC(=O)CCCCCCCCCCCCCCC.